The van der Waals surface area contributed by atoms with E-state index >= 15 is 0 Å². The first-order chi connectivity index (χ1) is 27.7. The van der Waals surface area contributed by atoms with Crippen molar-refractivity contribution in [1.82, 2.24) is 15.1 Å². The highest BCUT2D eigenvalue weighted by molar-refractivity contribution is 8.00. The largest absolute Gasteiger partial charge is 0.467 e. The van der Waals surface area contributed by atoms with E-state index in [0.717, 1.165) is 31.2 Å². The molecule has 13 nitrogen and oxygen atoms in total. The number of fused-ring (bicyclic) bond motifs is 2. The van der Waals surface area contributed by atoms with Crippen LogP contribution in [0.1, 0.15) is 110 Å². The average Bonchev–Trinajstić information content (AvgIpc) is 3.46. The highest BCUT2D eigenvalue weighted by atomic mass is 32.2. The second-order valence-corrected chi connectivity index (χ2v) is 19.4. The Labute approximate surface area is 351 Å². The van der Waals surface area contributed by atoms with Gasteiger partial charge in [0.2, 0.25) is 17.7 Å². The summed E-state index contributed by atoms with van der Waals surface area (Å²) in [6, 6.07) is 7.33. The molecule has 0 aliphatic carbocycles. The van der Waals surface area contributed by atoms with Gasteiger partial charge in [0.15, 0.2) is 0 Å². The molecule has 0 bridgehead atoms. The van der Waals surface area contributed by atoms with E-state index in [1.165, 1.54) is 14.2 Å². The van der Waals surface area contributed by atoms with E-state index in [9.17, 15) is 33.6 Å². The maximum Gasteiger partial charge on any atom is 0.328 e. The Hall–Kier alpha value is -3.59. The predicted octanol–water partition coefficient (Wildman–Crippen LogP) is 5.46. The number of hydrogen-bond acceptors (Lipinski definition) is 12. The van der Waals surface area contributed by atoms with Gasteiger partial charge >= 0.3 is 17.9 Å². The molecule has 1 aromatic rings. The highest BCUT2D eigenvalue weighted by Crippen LogP contribution is 2.38. The van der Waals surface area contributed by atoms with Crippen molar-refractivity contribution in [2.75, 3.05) is 25.7 Å². The first-order valence-corrected chi connectivity index (χ1v) is 22.9. The summed E-state index contributed by atoms with van der Waals surface area (Å²) in [7, 11) is 2.64. The molecule has 0 aromatic heterocycles. The summed E-state index contributed by atoms with van der Waals surface area (Å²) >= 11 is 3.25. The van der Waals surface area contributed by atoms with Crippen LogP contribution in [0.15, 0.2) is 30.3 Å². The van der Waals surface area contributed by atoms with E-state index in [1.54, 1.807) is 54.1 Å². The summed E-state index contributed by atoms with van der Waals surface area (Å²) < 4.78 is 15.7. The van der Waals surface area contributed by atoms with E-state index in [-0.39, 0.29) is 66.4 Å². The Balaban J connectivity index is 1.35. The summed E-state index contributed by atoms with van der Waals surface area (Å²) in [6.45, 7) is 5.35. The fourth-order valence-electron chi connectivity index (χ4n) is 8.69. The number of carbonyl (C=O) groups excluding carboxylic acids is 7. The molecule has 0 radical (unpaired) electrons. The van der Waals surface area contributed by atoms with Gasteiger partial charge in [0, 0.05) is 30.6 Å². The van der Waals surface area contributed by atoms with Crippen LogP contribution in [0.5, 0.6) is 0 Å². The SMILES string of the molecule is COC(=O)[C@@H]1CCC[C@@H]2SCC[C@H](CC(=O)[C@@H](CCC(=O)OC(C)(C)C)CC[C@H](Cc3ccccc3)C(=O)N[C@H]3CCS[C@H]4CCC[C@@H](C(=O)OC)N4C3=O)C(=O)N21. The normalized spacial score (nSPS) is 26.2. The predicted molar refractivity (Wildman–Crippen MR) is 221 cm³/mol. The van der Waals surface area contributed by atoms with Crippen LogP contribution >= 0.6 is 23.5 Å². The third kappa shape index (κ3) is 12.0. The van der Waals surface area contributed by atoms with Gasteiger partial charge in [0.25, 0.3) is 0 Å². The van der Waals surface area contributed by atoms with Crippen LogP contribution in [0.2, 0.25) is 0 Å². The molecule has 8 atom stereocenters. The molecule has 58 heavy (non-hydrogen) atoms. The van der Waals surface area contributed by atoms with Gasteiger partial charge in [-0.2, -0.15) is 0 Å². The van der Waals surface area contributed by atoms with Crippen molar-refractivity contribution in [2.45, 2.75) is 145 Å². The summed E-state index contributed by atoms with van der Waals surface area (Å²) in [5.41, 5.74) is 0.210. The molecule has 320 valence electrons. The summed E-state index contributed by atoms with van der Waals surface area (Å²) in [4.78, 5) is 98.6. The molecule has 4 aliphatic rings. The van der Waals surface area contributed by atoms with Gasteiger partial charge in [-0.15, -0.1) is 23.5 Å². The third-order valence-corrected chi connectivity index (χ3v) is 14.3. The van der Waals surface area contributed by atoms with Crippen molar-refractivity contribution in [3.8, 4) is 0 Å². The molecular weight excluding hydrogens is 783 g/mol. The maximum atomic E-state index is 14.4. The average molecular weight is 844 g/mol. The number of ketones is 1. The molecular formula is C43H61N3O10S2. The first kappa shape index (κ1) is 45.5. The lowest BCUT2D eigenvalue weighted by atomic mass is 9.83. The lowest BCUT2D eigenvalue weighted by Crippen LogP contribution is -2.57. The molecule has 4 saturated heterocycles. The minimum atomic E-state index is -0.829. The number of esters is 3. The van der Waals surface area contributed by atoms with Gasteiger partial charge in [-0.25, -0.2) is 9.59 Å². The summed E-state index contributed by atoms with van der Waals surface area (Å²) in [6.07, 6.45) is 6.07. The lowest BCUT2D eigenvalue weighted by Gasteiger charge is -2.40. The van der Waals surface area contributed by atoms with Crippen LogP contribution in [-0.2, 0) is 54.2 Å². The van der Waals surface area contributed by atoms with E-state index in [2.05, 4.69) is 5.32 Å². The lowest BCUT2D eigenvalue weighted by molar-refractivity contribution is -0.157. The molecule has 15 heteroatoms. The molecule has 0 spiro atoms. The monoisotopic (exact) mass is 843 g/mol. The number of amides is 3. The molecule has 4 heterocycles. The van der Waals surface area contributed by atoms with Crippen LogP contribution in [0, 0.1) is 17.8 Å². The number of hydrogen-bond donors (Lipinski definition) is 1. The molecule has 4 fully saturated rings. The van der Waals surface area contributed by atoms with Gasteiger partial charge in [-0.3, -0.25) is 24.0 Å². The number of thioether (sulfide) groups is 2. The fraction of sp³-hybridized carbons (Fsp3) is 0.698. The smallest absolute Gasteiger partial charge is 0.328 e. The molecule has 0 unspecified atom stereocenters. The van der Waals surface area contributed by atoms with Gasteiger partial charge < -0.3 is 29.3 Å². The second kappa shape index (κ2) is 21.1. The van der Waals surface area contributed by atoms with E-state index in [1.807, 2.05) is 30.3 Å². The number of methoxy groups -OCH3 is 2. The van der Waals surface area contributed by atoms with Crippen LogP contribution in [0.3, 0.4) is 0 Å². The Kier molecular flexibility index (Phi) is 16.5. The molecule has 4 aliphatic heterocycles. The minimum absolute atomic E-state index is 0.0110. The standard InChI is InChI=1S/C43H61N3O10S2/c1-43(2,3)56-37(48)20-19-28(34(47)26-30-21-23-57-35-15-9-13-32(41(52)54-4)45(35)39(30)50)17-18-29(25-27-11-7-6-8-12-27)38(49)44-31-22-24-58-36-16-10-14-33(42(53)55-5)46(36)40(31)51/h6-8,11-12,28-33,35-36H,9-10,13-26H2,1-5H3,(H,44,49)/t28-,29-,30-,31+,32+,33+,35+,36+/m1/s1. The second-order valence-electron chi connectivity index (χ2n) is 16.9. The number of Topliss-reactive ketones (excluding diaryl/α,β-unsaturated/α-hetero) is 1. The van der Waals surface area contributed by atoms with Gasteiger partial charge in [0.1, 0.15) is 29.5 Å². The number of rotatable bonds is 15. The van der Waals surface area contributed by atoms with Crippen molar-refractivity contribution in [1.29, 1.82) is 0 Å². The number of nitrogens with one attached hydrogen (secondary N) is 1. The number of ether oxygens (including phenoxy) is 3. The van der Waals surface area contributed by atoms with Crippen LogP contribution in [0.4, 0.5) is 0 Å². The molecule has 5 rings (SSSR count). The van der Waals surface area contributed by atoms with Crippen molar-refractivity contribution in [2.24, 2.45) is 17.8 Å². The Bertz CT molecular complexity index is 1640. The summed E-state index contributed by atoms with van der Waals surface area (Å²) in [5, 5.41) is 2.72. The third-order valence-electron chi connectivity index (χ3n) is 11.6. The summed E-state index contributed by atoms with van der Waals surface area (Å²) in [5.74, 6) is -2.96. The maximum absolute atomic E-state index is 14.4. The molecule has 0 saturated carbocycles. The Morgan fingerprint density at radius 1 is 0.759 bits per heavy atom. The van der Waals surface area contributed by atoms with Crippen LogP contribution < -0.4 is 5.32 Å². The number of piperidine rings is 2. The number of nitrogens with zero attached hydrogens (tertiary/aromatic N) is 2. The zero-order valence-electron chi connectivity index (χ0n) is 34.6. The Morgan fingerprint density at radius 3 is 1.91 bits per heavy atom. The van der Waals surface area contributed by atoms with Crippen molar-refractivity contribution in [3.63, 3.8) is 0 Å². The minimum Gasteiger partial charge on any atom is -0.467 e. The van der Waals surface area contributed by atoms with Gasteiger partial charge in [-0.05, 0) is 115 Å². The fourth-order valence-corrected chi connectivity index (χ4v) is 11.5. The number of carbonyl (C=O) groups is 7. The van der Waals surface area contributed by atoms with Gasteiger partial charge in [-0.1, -0.05) is 30.3 Å². The van der Waals surface area contributed by atoms with E-state index in [0.29, 0.717) is 43.6 Å². The zero-order chi connectivity index (χ0) is 42.0. The van der Waals surface area contributed by atoms with Crippen LogP contribution in [0.25, 0.3) is 0 Å². The highest BCUT2D eigenvalue weighted by Gasteiger charge is 2.45. The number of benzene rings is 1. The molecule has 3 amide bonds. The van der Waals surface area contributed by atoms with Crippen molar-refractivity contribution < 1.29 is 47.8 Å². The quantitative estimate of drug-likeness (QED) is 0.176. The zero-order valence-corrected chi connectivity index (χ0v) is 36.2. The van der Waals surface area contributed by atoms with Crippen LogP contribution in [-0.4, -0.2) is 111 Å². The topological polar surface area (TPSA) is 166 Å². The first-order valence-electron chi connectivity index (χ1n) is 20.8. The van der Waals surface area contributed by atoms with E-state index in [4.69, 9.17) is 14.2 Å². The Morgan fingerprint density at radius 2 is 1.33 bits per heavy atom. The van der Waals surface area contributed by atoms with E-state index < -0.39 is 59.4 Å². The van der Waals surface area contributed by atoms with Crippen molar-refractivity contribution >= 4 is 64.9 Å². The molecule has 1 aromatic carbocycles. The van der Waals surface area contributed by atoms with Gasteiger partial charge in [0.05, 0.1) is 25.0 Å². The van der Waals surface area contributed by atoms with Crippen molar-refractivity contribution in [3.05, 3.63) is 35.9 Å². The molecule has 1 N–H and O–H groups in total.